The number of aryl methyl sites for hydroxylation is 2. The van der Waals surface area contributed by atoms with Crippen LogP contribution >= 0.6 is 0 Å². The molecule has 2 heterocycles. The molecule has 0 atom stereocenters. The van der Waals surface area contributed by atoms with Crippen LogP contribution in [0.1, 0.15) is 11.5 Å². The lowest BCUT2D eigenvalue weighted by Crippen LogP contribution is -2.22. The topological polar surface area (TPSA) is 90.5 Å². The van der Waals surface area contributed by atoms with Crippen molar-refractivity contribution in [3.05, 3.63) is 47.9 Å². The van der Waals surface area contributed by atoms with Gasteiger partial charge in [-0.1, -0.05) is 18.2 Å². The molecule has 0 bridgehead atoms. The molecule has 0 aliphatic rings. The number of para-hydroxylation sites is 1. The van der Waals surface area contributed by atoms with Crippen LogP contribution in [0.15, 0.2) is 36.4 Å². The third kappa shape index (κ3) is 3.00. The van der Waals surface area contributed by atoms with E-state index >= 15 is 0 Å². The van der Waals surface area contributed by atoms with Crippen molar-refractivity contribution in [2.24, 2.45) is 0 Å². The van der Waals surface area contributed by atoms with Gasteiger partial charge in [0.25, 0.3) is 0 Å². The largest absolute Gasteiger partial charge is 0.309 e. The van der Waals surface area contributed by atoms with Gasteiger partial charge in [-0.2, -0.15) is 9.90 Å². The summed E-state index contributed by atoms with van der Waals surface area (Å²) in [6.45, 7) is 3.59. The van der Waals surface area contributed by atoms with Gasteiger partial charge >= 0.3 is 0 Å². The van der Waals surface area contributed by atoms with E-state index in [0.717, 1.165) is 11.4 Å². The van der Waals surface area contributed by atoms with E-state index in [-0.39, 0.29) is 12.5 Å². The Kier molecular flexibility index (Phi) is 3.65. The minimum Gasteiger partial charge on any atom is -0.309 e. The molecule has 1 aromatic carbocycles. The molecule has 0 spiro atoms. The minimum absolute atomic E-state index is 0.000142. The molecule has 0 aliphatic carbocycles. The van der Waals surface area contributed by atoms with E-state index in [4.69, 9.17) is 0 Å². The minimum atomic E-state index is -0.241. The molecule has 1 amide bonds. The van der Waals surface area contributed by atoms with Crippen LogP contribution in [0.3, 0.4) is 0 Å². The first-order valence-electron chi connectivity index (χ1n) is 6.78. The van der Waals surface area contributed by atoms with E-state index in [2.05, 4.69) is 25.8 Å². The summed E-state index contributed by atoms with van der Waals surface area (Å²) >= 11 is 0. The quantitative estimate of drug-likeness (QED) is 0.779. The molecule has 3 rings (SSSR count). The monoisotopic (exact) mass is 297 g/mol. The van der Waals surface area contributed by atoms with Crippen molar-refractivity contribution in [1.29, 1.82) is 0 Å². The standard InChI is InChI=1S/C14H15N7O/c1-10-8-13(21(17-10)12-6-4-3-5-7-12)15-14(22)9-20-18-11(2)16-19-20/h3-8H,9H2,1-2H3,(H,15,22). The van der Waals surface area contributed by atoms with E-state index in [1.807, 2.05) is 43.3 Å². The number of aromatic nitrogens is 6. The lowest BCUT2D eigenvalue weighted by Gasteiger charge is -2.08. The van der Waals surface area contributed by atoms with Crippen LogP contribution in [0.4, 0.5) is 5.82 Å². The zero-order chi connectivity index (χ0) is 15.5. The lowest BCUT2D eigenvalue weighted by molar-refractivity contribution is -0.117. The zero-order valence-electron chi connectivity index (χ0n) is 12.3. The molecule has 8 heteroatoms. The number of nitrogens with one attached hydrogen (secondary N) is 1. The number of hydrogen-bond donors (Lipinski definition) is 1. The fraction of sp³-hybridized carbons (Fsp3) is 0.214. The van der Waals surface area contributed by atoms with Crippen molar-refractivity contribution < 1.29 is 4.79 Å². The van der Waals surface area contributed by atoms with Crippen molar-refractivity contribution in [2.75, 3.05) is 5.32 Å². The maximum Gasteiger partial charge on any atom is 0.249 e. The first kappa shape index (κ1) is 13.9. The van der Waals surface area contributed by atoms with Crippen LogP contribution < -0.4 is 5.32 Å². The fourth-order valence-corrected chi connectivity index (χ4v) is 2.06. The van der Waals surface area contributed by atoms with Crippen molar-refractivity contribution >= 4 is 11.7 Å². The molecule has 0 saturated heterocycles. The molecule has 0 unspecified atom stereocenters. The molecular formula is C14H15N7O. The number of benzene rings is 1. The van der Waals surface area contributed by atoms with Gasteiger partial charge in [0.1, 0.15) is 12.4 Å². The summed E-state index contributed by atoms with van der Waals surface area (Å²) in [5.74, 6) is 0.887. The van der Waals surface area contributed by atoms with E-state index in [0.29, 0.717) is 11.6 Å². The first-order valence-corrected chi connectivity index (χ1v) is 6.78. The van der Waals surface area contributed by atoms with Gasteiger partial charge < -0.3 is 5.32 Å². The van der Waals surface area contributed by atoms with Crippen molar-refractivity contribution in [3.63, 3.8) is 0 Å². The Morgan fingerprint density at radius 2 is 1.95 bits per heavy atom. The number of tetrazole rings is 1. The van der Waals surface area contributed by atoms with Crippen LogP contribution in [0, 0.1) is 13.8 Å². The first-order chi connectivity index (χ1) is 10.6. The molecular weight excluding hydrogens is 282 g/mol. The molecule has 3 aromatic rings. The van der Waals surface area contributed by atoms with Crippen molar-refractivity contribution in [1.82, 2.24) is 30.0 Å². The average Bonchev–Trinajstić information content (AvgIpc) is 3.06. The highest BCUT2D eigenvalue weighted by atomic mass is 16.2. The molecule has 0 fully saturated rings. The van der Waals surface area contributed by atoms with E-state index in [1.165, 1.54) is 4.80 Å². The van der Waals surface area contributed by atoms with Crippen LogP contribution in [-0.4, -0.2) is 35.9 Å². The maximum atomic E-state index is 12.1. The number of rotatable bonds is 4. The van der Waals surface area contributed by atoms with Gasteiger partial charge in [0.05, 0.1) is 11.4 Å². The molecule has 2 aromatic heterocycles. The number of carbonyl (C=O) groups is 1. The zero-order valence-corrected chi connectivity index (χ0v) is 12.3. The third-order valence-corrected chi connectivity index (χ3v) is 2.94. The van der Waals surface area contributed by atoms with Gasteiger partial charge in [0.2, 0.25) is 5.91 Å². The van der Waals surface area contributed by atoms with Gasteiger partial charge in [-0.15, -0.1) is 10.2 Å². The Bertz CT molecular complexity index is 791. The van der Waals surface area contributed by atoms with Crippen LogP contribution in [-0.2, 0) is 11.3 Å². The summed E-state index contributed by atoms with van der Waals surface area (Å²) in [5.41, 5.74) is 1.69. The predicted octanol–water partition coefficient (Wildman–Crippen LogP) is 1.11. The van der Waals surface area contributed by atoms with E-state index in [9.17, 15) is 4.79 Å². The second-order valence-electron chi connectivity index (χ2n) is 4.83. The summed E-state index contributed by atoms with van der Waals surface area (Å²) < 4.78 is 1.69. The highest BCUT2D eigenvalue weighted by molar-refractivity contribution is 5.89. The van der Waals surface area contributed by atoms with Gasteiger partial charge in [-0.3, -0.25) is 4.79 Å². The van der Waals surface area contributed by atoms with E-state index < -0.39 is 0 Å². The molecule has 1 N–H and O–H groups in total. The van der Waals surface area contributed by atoms with Crippen LogP contribution in [0.2, 0.25) is 0 Å². The summed E-state index contributed by atoms with van der Waals surface area (Å²) in [6, 6.07) is 11.4. The summed E-state index contributed by atoms with van der Waals surface area (Å²) in [7, 11) is 0. The van der Waals surface area contributed by atoms with E-state index in [1.54, 1.807) is 11.6 Å². The number of carbonyl (C=O) groups excluding carboxylic acids is 1. The van der Waals surface area contributed by atoms with Gasteiger partial charge in [-0.25, -0.2) is 4.68 Å². The van der Waals surface area contributed by atoms with Crippen LogP contribution in [0.25, 0.3) is 5.69 Å². The normalized spacial score (nSPS) is 10.6. The Hall–Kier alpha value is -3.03. The van der Waals surface area contributed by atoms with Gasteiger partial charge in [0, 0.05) is 6.07 Å². The summed E-state index contributed by atoms with van der Waals surface area (Å²) in [5, 5.41) is 18.7. The Morgan fingerprint density at radius 3 is 2.64 bits per heavy atom. The Balaban J connectivity index is 1.79. The smallest absolute Gasteiger partial charge is 0.249 e. The predicted molar refractivity (Wildman–Crippen MR) is 79.5 cm³/mol. The van der Waals surface area contributed by atoms with Gasteiger partial charge in [-0.05, 0) is 31.2 Å². The van der Waals surface area contributed by atoms with Gasteiger partial charge in [0.15, 0.2) is 5.82 Å². The highest BCUT2D eigenvalue weighted by Crippen LogP contribution is 2.16. The lowest BCUT2D eigenvalue weighted by atomic mass is 10.3. The summed E-state index contributed by atoms with van der Waals surface area (Å²) in [4.78, 5) is 13.4. The molecule has 0 saturated carbocycles. The number of nitrogens with zero attached hydrogens (tertiary/aromatic N) is 6. The molecule has 8 nitrogen and oxygen atoms in total. The number of anilines is 1. The molecule has 0 aliphatic heterocycles. The highest BCUT2D eigenvalue weighted by Gasteiger charge is 2.12. The fourth-order valence-electron chi connectivity index (χ4n) is 2.06. The third-order valence-electron chi connectivity index (χ3n) is 2.94. The van der Waals surface area contributed by atoms with Crippen molar-refractivity contribution in [3.8, 4) is 5.69 Å². The molecule has 112 valence electrons. The SMILES string of the molecule is Cc1cc(NC(=O)Cn2nnc(C)n2)n(-c2ccccc2)n1. The average molecular weight is 297 g/mol. The number of hydrogen-bond acceptors (Lipinski definition) is 5. The molecule has 0 radical (unpaired) electrons. The Labute approximate surface area is 126 Å². The number of amides is 1. The van der Waals surface area contributed by atoms with Crippen molar-refractivity contribution in [2.45, 2.75) is 20.4 Å². The Morgan fingerprint density at radius 1 is 1.18 bits per heavy atom. The second kappa shape index (κ2) is 5.76. The maximum absolute atomic E-state index is 12.1. The second-order valence-corrected chi connectivity index (χ2v) is 4.83. The van der Waals surface area contributed by atoms with Crippen LogP contribution in [0.5, 0.6) is 0 Å². The summed E-state index contributed by atoms with van der Waals surface area (Å²) in [6.07, 6.45) is 0. The molecule has 22 heavy (non-hydrogen) atoms.